The predicted molar refractivity (Wildman–Crippen MR) is 72.9 cm³/mol. The highest BCUT2D eigenvalue weighted by Crippen LogP contribution is 2.31. The number of nitrogens with zero attached hydrogens (tertiary/aromatic N) is 2. The minimum Gasteiger partial charge on any atom is -0.368 e. The van der Waals surface area contributed by atoms with Crippen molar-refractivity contribution in [1.29, 1.82) is 0 Å². The van der Waals surface area contributed by atoms with E-state index in [4.69, 9.17) is 11.6 Å². The van der Waals surface area contributed by atoms with Gasteiger partial charge in [0.05, 0.1) is 5.02 Å². The molecule has 1 aromatic rings. The maximum Gasteiger partial charge on any atom is 0.225 e. The van der Waals surface area contributed by atoms with Gasteiger partial charge in [0.25, 0.3) is 0 Å². The van der Waals surface area contributed by atoms with E-state index in [1.54, 1.807) is 12.1 Å². The van der Waals surface area contributed by atoms with Crippen molar-refractivity contribution in [3.05, 3.63) is 29.0 Å². The third-order valence-electron chi connectivity index (χ3n) is 3.79. The number of benzene rings is 1. The van der Waals surface area contributed by atoms with Gasteiger partial charge in [-0.1, -0.05) is 11.6 Å². The van der Waals surface area contributed by atoms with Gasteiger partial charge in [0.15, 0.2) is 0 Å². The van der Waals surface area contributed by atoms with E-state index in [-0.39, 0.29) is 10.9 Å². The van der Waals surface area contributed by atoms with Gasteiger partial charge < -0.3 is 9.80 Å². The smallest absolute Gasteiger partial charge is 0.225 e. The molecule has 0 radical (unpaired) electrons. The fourth-order valence-electron chi connectivity index (χ4n) is 2.46. The number of carbonyl (C=O) groups excluding carboxylic acids is 1. The molecule has 2 aliphatic rings. The Bertz CT molecular complexity index is 496. The average molecular weight is 283 g/mol. The second-order valence-electron chi connectivity index (χ2n) is 5.19. The fraction of sp³-hybridized carbons (Fsp3) is 0.500. The molecule has 1 aromatic carbocycles. The van der Waals surface area contributed by atoms with Crippen LogP contribution < -0.4 is 4.90 Å². The van der Waals surface area contributed by atoms with Crippen LogP contribution in [-0.4, -0.2) is 37.0 Å². The fourth-order valence-corrected chi connectivity index (χ4v) is 2.63. The molecule has 1 heterocycles. The number of piperazine rings is 1. The van der Waals surface area contributed by atoms with Crippen LogP contribution in [0.5, 0.6) is 0 Å². The van der Waals surface area contributed by atoms with Gasteiger partial charge in [-0.2, -0.15) is 0 Å². The molecule has 0 aromatic heterocycles. The zero-order chi connectivity index (χ0) is 13.4. The van der Waals surface area contributed by atoms with E-state index in [1.165, 1.54) is 6.07 Å². The third-order valence-corrected chi connectivity index (χ3v) is 4.08. The molecule has 0 atom stereocenters. The minimum atomic E-state index is -0.395. The minimum absolute atomic E-state index is 0.147. The number of amides is 1. The second-order valence-corrected chi connectivity index (χ2v) is 5.59. The molecule has 0 spiro atoms. The molecule has 19 heavy (non-hydrogen) atoms. The average Bonchev–Trinajstić information content (AvgIpc) is 3.26. The first kappa shape index (κ1) is 12.7. The Kier molecular flexibility index (Phi) is 3.35. The SMILES string of the molecule is O=C(C1CC1)N1CCN(c2ccc(F)c(Cl)c2)CC1. The Hall–Kier alpha value is -1.29. The monoisotopic (exact) mass is 282 g/mol. The van der Waals surface area contributed by atoms with Crippen LogP contribution in [0.1, 0.15) is 12.8 Å². The van der Waals surface area contributed by atoms with Crippen LogP contribution in [0.2, 0.25) is 5.02 Å². The number of hydrogen-bond donors (Lipinski definition) is 0. The standard InChI is InChI=1S/C14H16ClFN2O/c15-12-9-11(3-4-13(12)16)17-5-7-18(8-6-17)14(19)10-1-2-10/h3-4,9-10H,1-2,5-8H2. The number of carbonyl (C=O) groups is 1. The topological polar surface area (TPSA) is 23.6 Å². The van der Waals surface area contributed by atoms with Crippen LogP contribution >= 0.6 is 11.6 Å². The van der Waals surface area contributed by atoms with Crippen LogP contribution in [-0.2, 0) is 4.79 Å². The van der Waals surface area contributed by atoms with E-state index in [1.807, 2.05) is 4.90 Å². The summed E-state index contributed by atoms with van der Waals surface area (Å²) >= 11 is 5.80. The Morgan fingerprint density at radius 2 is 1.89 bits per heavy atom. The molecule has 0 unspecified atom stereocenters. The Labute approximate surface area is 116 Å². The summed E-state index contributed by atoms with van der Waals surface area (Å²) in [7, 11) is 0. The largest absolute Gasteiger partial charge is 0.368 e. The van der Waals surface area contributed by atoms with Crippen molar-refractivity contribution in [3.63, 3.8) is 0 Å². The van der Waals surface area contributed by atoms with E-state index >= 15 is 0 Å². The summed E-state index contributed by atoms with van der Waals surface area (Å²) in [4.78, 5) is 16.0. The van der Waals surface area contributed by atoms with Crippen molar-refractivity contribution < 1.29 is 9.18 Å². The summed E-state index contributed by atoms with van der Waals surface area (Å²) in [6.45, 7) is 3.04. The highest BCUT2D eigenvalue weighted by molar-refractivity contribution is 6.31. The molecule has 5 heteroatoms. The molecule has 0 bridgehead atoms. The quantitative estimate of drug-likeness (QED) is 0.832. The lowest BCUT2D eigenvalue weighted by molar-refractivity contribution is -0.132. The molecule has 1 aliphatic carbocycles. The van der Waals surface area contributed by atoms with E-state index < -0.39 is 5.82 Å². The third kappa shape index (κ3) is 2.68. The predicted octanol–water partition coefficient (Wildman–Crippen LogP) is 2.54. The molecular weight excluding hydrogens is 267 g/mol. The normalized spacial score (nSPS) is 19.7. The Balaban J connectivity index is 1.62. The first-order valence-electron chi connectivity index (χ1n) is 6.64. The number of rotatable bonds is 2. The first-order valence-corrected chi connectivity index (χ1v) is 7.02. The summed E-state index contributed by atoms with van der Waals surface area (Å²) in [6, 6.07) is 4.77. The zero-order valence-corrected chi connectivity index (χ0v) is 11.4. The van der Waals surface area contributed by atoms with E-state index in [9.17, 15) is 9.18 Å². The summed E-state index contributed by atoms with van der Waals surface area (Å²) in [5.74, 6) is 0.191. The molecule has 1 saturated carbocycles. The van der Waals surface area contributed by atoms with Crippen LogP contribution in [0.25, 0.3) is 0 Å². The van der Waals surface area contributed by atoms with Gasteiger partial charge in [-0.15, -0.1) is 0 Å². The highest BCUT2D eigenvalue weighted by atomic mass is 35.5. The molecule has 1 aliphatic heterocycles. The maximum absolute atomic E-state index is 13.1. The number of anilines is 1. The summed E-state index contributed by atoms with van der Waals surface area (Å²) in [5, 5.41) is 0.147. The number of hydrogen-bond acceptors (Lipinski definition) is 2. The zero-order valence-electron chi connectivity index (χ0n) is 10.6. The van der Waals surface area contributed by atoms with Crippen molar-refractivity contribution in [2.45, 2.75) is 12.8 Å². The van der Waals surface area contributed by atoms with Crippen molar-refractivity contribution in [2.24, 2.45) is 5.92 Å². The second kappa shape index (κ2) is 5.00. The van der Waals surface area contributed by atoms with Crippen molar-refractivity contribution in [2.75, 3.05) is 31.1 Å². The van der Waals surface area contributed by atoms with Crippen molar-refractivity contribution in [1.82, 2.24) is 4.90 Å². The summed E-state index contributed by atoms with van der Waals surface area (Å²) < 4.78 is 13.1. The van der Waals surface area contributed by atoms with Crippen molar-refractivity contribution in [3.8, 4) is 0 Å². The Morgan fingerprint density at radius 3 is 2.47 bits per heavy atom. The first-order chi connectivity index (χ1) is 9.15. The van der Waals surface area contributed by atoms with E-state index in [0.29, 0.717) is 5.91 Å². The highest BCUT2D eigenvalue weighted by Gasteiger charge is 2.34. The van der Waals surface area contributed by atoms with Gasteiger partial charge in [-0.05, 0) is 31.0 Å². The van der Waals surface area contributed by atoms with Gasteiger partial charge in [-0.3, -0.25) is 4.79 Å². The van der Waals surface area contributed by atoms with Gasteiger partial charge in [0.2, 0.25) is 5.91 Å². The van der Waals surface area contributed by atoms with Crippen LogP contribution in [0.4, 0.5) is 10.1 Å². The van der Waals surface area contributed by atoms with Crippen LogP contribution in [0, 0.1) is 11.7 Å². The summed E-state index contributed by atoms with van der Waals surface area (Å²) in [5.41, 5.74) is 0.921. The van der Waals surface area contributed by atoms with Crippen molar-refractivity contribution >= 4 is 23.2 Å². The van der Waals surface area contributed by atoms with Gasteiger partial charge in [0.1, 0.15) is 5.82 Å². The molecule has 3 nitrogen and oxygen atoms in total. The maximum atomic E-state index is 13.1. The lowest BCUT2D eigenvalue weighted by atomic mass is 10.2. The molecule has 2 fully saturated rings. The lowest BCUT2D eigenvalue weighted by Crippen LogP contribution is -2.49. The molecule has 1 amide bonds. The summed E-state index contributed by atoms with van der Waals surface area (Å²) in [6.07, 6.45) is 2.10. The van der Waals surface area contributed by atoms with Gasteiger partial charge >= 0.3 is 0 Å². The molecule has 3 rings (SSSR count). The molecule has 0 N–H and O–H groups in total. The van der Waals surface area contributed by atoms with Crippen LogP contribution in [0.3, 0.4) is 0 Å². The lowest BCUT2D eigenvalue weighted by Gasteiger charge is -2.36. The molecule has 102 valence electrons. The van der Waals surface area contributed by atoms with E-state index in [2.05, 4.69) is 4.90 Å². The van der Waals surface area contributed by atoms with E-state index in [0.717, 1.165) is 44.7 Å². The Morgan fingerprint density at radius 1 is 1.21 bits per heavy atom. The number of halogens is 2. The van der Waals surface area contributed by atoms with Gasteiger partial charge in [-0.25, -0.2) is 4.39 Å². The molecular formula is C14H16ClFN2O. The molecule has 1 saturated heterocycles. The van der Waals surface area contributed by atoms with Crippen LogP contribution in [0.15, 0.2) is 18.2 Å². The van der Waals surface area contributed by atoms with Gasteiger partial charge in [0, 0.05) is 37.8 Å².